The summed E-state index contributed by atoms with van der Waals surface area (Å²) in [5.74, 6) is 1.11. The Morgan fingerprint density at radius 2 is 1.92 bits per heavy atom. The van der Waals surface area contributed by atoms with E-state index in [1.807, 2.05) is 19.9 Å². The van der Waals surface area contributed by atoms with E-state index in [9.17, 15) is 9.18 Å². The molecule has 0 amide bonds. The molecule has 1 aliphatic carbocycles. The SMILES string of the molecule is CC(C)n1c(=O)c2cnc(Nc3ccc4c(c3)CCC(N(C)C)C4)cc2n1-c1ccnc(C(C)(C)F)n1. The van der Waals surface area contributed by atoms with Gasteiger partial charge >= 0.3 is 0 Å². The third kappa shape index (κ3) is 4.75. The van der Waals surface area contributed by atoms with E-state index in [1.165, 1.54) is 31.2 Å². The summed E-state index contributed by atoms with van der Waals surface area (Å²) in [6.07, 6.45) is 6.35. The average Bonchev–Trinajstić information content (AvgIpc) is 3.15. The Kier molecular flexibility index (Phi) is 6.35. The number of pyridine rings is 1. The molecule has 0 radical (unpaired) electrons. The molecule has 0 spiro atoms. The smallest absolute Gasteiger partial charge is 0.276 e. The van der Waals surface area contributed by atoms with Crippen LogP contribution in [0.5, 0.6) is 0 Å². The molecule has 3 heterocycles. The van der Waals surface area contributed by atoms with Gasteiger partial charge in [-0.2, -0.15) is 0 Å². The summed E-state index contributed by atoms with van der Waals surface area (Å²) in [5.41, 5.74) is 2.45. The molecule has 1 aliphatic rings. The molecular weight excluding hydrogens is 469 g/mol. The lowest BCUT2D eigenvalue weighted by Gasteiger charge is -2.30. The predicted molar refractivity (Wildman–Crippen MR) is 145 cm³/mol. The van der Waals surface area contributed by atoms with Crippen molar-refractivity contribution in [1.82, 2.24) is 29.2 Å². The van der Waals surface area contributed by atoms with Gasteiger partial charge in [0.15, 0.2) is 17.3 Å². The van der Waals surface area contributed by atoms with Gasteiger partial charge in [-0.3, -0.25) is 4.79 Å². The first-order chi connectivity index (χ1) is 17.5. The summed E-state index contributed by atoms with van der Waals surface area (Å²) in [6.45, 7) is 6.69. The van der Waals surface area contributed by atoms with Gasteiger partial charge in [-0.15, -0.1) is 0 Å². The number of anilines is 2. The third-order valence-corrected chi connectivity index (χ3v) is 7.05. The van der Waals surface area contributed by atoms with Gasteiger partial charge < -0.3 is 10.2 Å². The lowest BCUT2D eigenvalue weighted by atomic mass is 9.87. The van der Waals surface area contributed by atoms with Crippen LogP contribution in [0.25, 0.3) is 16.7 Å². The summed E-state index contributed by atoms with van der Waals surface area (Å²) in [5, 5.41) is 3.88. The van der Waals surface area contributed by atoms with Gasteiger partial charge in [-0.25, -0.2) is 28.7 Å². The number of halogens is 1. The number of benzene rings is 1. The molecule has 0 saturated heterocycles. The van der Waals surface area contributed by atoms with Crippen molar-refractivity contribution in [1.29, 1.82) is 0 Å². The molecule has 1 N–H and O–H groups in total. The molecule has 0 bridgehead atoms. The fourth-order valence-corrected chi connectivity index (χ4v) is 5.04. The minimum Gasteiger partial charge on any atom is -0.340 e. The second-order valence-corrected chi connectivity index (χ2v) is 10.8. The Hall–Kier alpha value is -3.59. The maximum atomic E-state index is 14.7. The zero-order valence-corrected chi connectivity index (χ0v) is 22.3. The summed E-state index contributed by atoms with van der Waals surface area (Å²) in [7, 11) is 4.28. The Morgan fingerprint density at radius 1 is 1.14 bits per heavy atom. The summed E-state index contributed by atoms with van der Waals surface area (Å²) < 4.78 is 18.0. The van der Waals surface area contributed by atoms with Gasteiger partial charge in [-0.1, -0.05) is 6.07 Å². The van der Waals surface area contributed by atoms with Crippen molar-refractivity contribution in [2.24, 2.45) is 0 Å². The van der Waals surface area contributed by atoms with E-state index in [2.05, 4.69) is 57.5 Å². The highest BCUT2D eigenvalue weighted by atomic mass is 19.1. The van der Waals surface area contributed by atoms with Crippen LogP contribution in [-0.4, -0.2) is 49.4 Å². The minimum atomic E-state index is -1.71. The molecule has 4 aromatic rings. The van der Waals surface area contributed by atoms with E-state index in [0.29, 0.717) is 28.6 Å². The second-order valence-electron chi connectivity index (χ2n) is 10.8. The van der Waals surface area contributed by atoms with E-state index >= 15 is 0 Å². The van der Waals surface area contributed by atoms with Crippen molar-refractivity contribution in [2.75, 3.05) is 19.4 Å². The highest BCUT2D eigenvalue weighted by Gasteiger charge is 2.25. The van der Waals surface area contributed by atoms with Crippen molar-refractivity contribution in [3.63, 3.8) is 0 Å². The highest BCUT2D eigenvalue weighted by Crippen LogP contribution is 2.29. The van der Waals surface area contributed by atoms with Crippen molar-refractivity contribution < 1.29 is 4.39 Å². The Bertz CT molecular complexity index is 1510. The number of likely N-dealkylation sites (N-methyl/N-ethyl adjacent to an activating group) is 1. The van der Waals surface area contributed by atoms with E-state index in [4.69, 9.17) is 0 Å². The van der Waals surface area contributed by atoms with Crippen LogP contribution in [-0.2, 0) is 18.5 Å². The van der Waals surface area contributed by atoms with Crippen LogP contribution in [0.3, 0.4) is 0 Å². The molecule has 9 heteroatoms. The first kappa shape index (κ1) is 25.1. The first-order valence-corrected chi connectivity index (χ1v) is 12.7. The van der Waals surface area contributed by atoms with E-state index in [1.54, 1.807) is 21.6 Å². The molecular formula is C28H34FN7O. The topological polar surface area (TPSA) is 80.9 Å². The van der Waals surface area contributed by atoms with Crippen LogP contribution in [0.1, 0.15) is 57.1 Å². The van der Waals surface area contributed by atoms with Crippen LogP contribution in [0.15, 0.2) is 47.5 Å². The van der Waals surface area contributed by atoms with E-state index in [-0.39, 0.29) is 17.4 Å². The van der Waals surface area contributed by atoms with Crippen LogP contribution in [0.2, 0.25) is 0 Å². The fraction of sp³-hybridized carbons (Fsp3) is 0.429. The maximum Gasteiger partial charge on any atom is 0.276 e. The number of fused-ring (bicyclic) bond motifs is 2. The summed E-state index contributed by atoms with van der Waals surface area (Å²) in [4.78, 5) is 28.7. The number of aromatic nitrogens is 5. The molecule has 0 fully saturated rings. The number of rotatable bonds is 6. The first-order valence-electron chi connectivity index (χ1n) is 12.7. The Morgan fingerprint density at radius 3 is 2.62 bits per heavy atom. The lowest BCUT2D eigenvalue weighted by molar-refractivity contribution is 0.206. The van der Waals surface area contributed by atoms with Crippen LogP contribution < -0.4 is 10.9 Å². The molecule has 194 valence electrons. The Labute approximate surface area is 216 Å². The van der Waals surface area contributed by atoms with Gasteiger partial charge in [0.05, 0.1) is 10.9 Å². The summed E-state index contributed by atoms with van der Waals surface area (Å²) in [6, 6.07) is 10.4. The zero-order chi connectivity index (χ0) is 26.5. The molecule has 3 aromatic heterocycles. The number of hydrogen-bond donors (Lipinski definition) is 1. The van der Waals surface area contributed by atoms with Crippen LogP contribution in [0.4, 0.5) is 15.9 Å². The number of nitrogens with zero attached hydrogens (tertiary/aromatic N) is 6. The van der Waals surface area contributed by atoms with Crippen LogP contribution in [0, 0.1) is 0 Å². The molecule has 5 rings (SSSR count). The molecule has 1 aromatic carbocycles. The molecule has 0 aliphatic heterocycles. The zero-order valence-electron chi connectivity index (χ0n) is 22.3. The number of aryl methyl sites for hydroxylation is 1. The highest BCUT2D eigenvalue weighted by molar-refractivity contribution is 5.82. The van der Waals surface area contributed by atoms with Gasteiger partial charge in [-0.05, 0) is 84.3 Å². The standard InChI is InChI=1S/C28H34FN7O/c1-17(2)35-26(37)22-16-31-24(15-23(22)36(35)25-11-12-30-27(33-25)28(3,4)29)32-20-9-7-19-14-21(34(5)6)10-8-18(19)13-20/h7,9,11-13,15-17,21H,8,10,14H2,1-6H3,(H,31,32). The molecule has 1 atom stereocenters. The van der Waals surface area contributed by atoms with Crippen LogP contribution >= 0.6 is 0 Å². The minimum absolute atomic E-state index is 0.0626. The van der Waals surface area contributed by atoms with Crippen molar-refractivity contribution in [2.45, 2.75) is 64.7 Å². The number of alkyl halides is 1. The molecule has 1 unspecified atom stereocenters. The van der Waals surface area contributed by atoms with Gasteiger partial charge in [0.25, 0.3) is 5.56 Å². The largest absolute Gasteiger partial charge is 0.340 e. The van der Waals surface area contributed by atoms with Gasteiger partial charge in [0.1, 0.15) is 5.82 Å². The average molecular weight is 504 g/mol. The quantitative estimate of drug-likeness (QED) is 0.402. The van der Waals surface area contributed by atoms with Crippen molar-refractivity contribution in [3.05, 3.63) is 70.0 Å². The van der Waals surface area contributed by atoms with Gasteiger partial charge in [0.2, 0.25) is 0 Å². The summed E-state index contributed by atoms with van der Waals surface area (Å²) >= 11 is 0. The monoisotopic (exact) mass is 503 g/mol. The Balaban J connectivity index is 1.56. The van der Waals surface area contributed by atoms with Crippen molar-refractivity contribution in [3.8, 4) is 5.82 Å². The van der Waals surface area contributed by atoms with E-state index in [0.717, 1.165) is 24.9 Å². The molecule has 0 saturated carbocycles. The third-order valence-electron chi connectivity index (χ3n) is 7.05. The van der Waals surface area contributed by atoms with Gasteiger partial charge in [0, 0.05) is 42.3 Å². The number of nitrogens with one attached hydrogen (secondary N) is 1. The van der Waals surface area contributed by atoms with Crippen molar-refractivity contribution >= 4 is 22.4 Å². The predicted octanol–water partition coefficient (Wildman–Crippen LogP) is 4.93. The normalized spacial score (nSPS) is 16.0. The molecule has 8 nitrogen and oxygen atoms in total. The fourth-order valence-electron chi connectivity index (χ4n) is 5.04. The lowest BCUT2D eigenvalue weighted by Crippen LogP contribution is -2.33. The van der Waals surface area contributed by atoms with E-state index < -0.39 is 5.67 Å². The maximum absolute atomic E-state index is 14.7. The second kappa shape index (κ2) is 9.37. The number of hydrogen-bond acceptors (Lipinski definition) is 6. The molecule has 37 heavy (non-hydrogen) atoms.